The lowest BCUT2D eigenvalue weighted by molar-refractivity contribution is -0.116. The first-order valence-electron chi connectivity index (χ1n) is 10.1. The summed E-state index contributed by atoms with van der Waals surface area (Å²) in [6, 6.07) is 21.5. The van der Waals surface area contributed by atoms with Crippen molar-refractivity contribution in [2.75, 3.05) is 19.5 Å². The van der Waals surface area contributed by atoms with Crippen LogP contribution in [0.3, 0.4) is 0 Å². The number of rotatable bonds is 7. The Hall–Kier alpha value is -3.80. The van der Waals surface area contributed by atoms with Gasteiger partial charge in [0.15, 0.2) is 11.5 Å². The lowest BCUT2D eigenvalue weighted by atomic mass is 10.1. The highest BCUT2D eigenvalue weighted by atomic mass is 16.5. The molecule has 1 heterocycles. The molecule has 0 bridgehead atoms. The van der Waals surface area contributed by atoms with E-state index in [0.29, 0.717) is 24.3 Å². The van der Waals surface area contributed by atoms with Crippen molar-refractivity contribution in [3.05, 3.63) is 72.3 Å². The van der Waals surface area contributed by atoms with Gasteiger partial charge in [-0.1, -0.05) is 24.3 Å². The highest BCUT2D eigenvalue weighted by molar-refractivity contribution is 5.91. The molecule has 6 heteroatoms. The third-order valence-electron chi connectivity index (χ3n) is 5.32. The van der Waals surface area contributed by atoms with Crippen LogP contribution in [0.5, 0.6) is 11.5 Å². The van der Waals surface area contributed by atoms with Crippen LogP contribution >= 0.6 is 0 Å². The van der Waals surface area contributed by atoms with E-state index in [4.69, 9.17) is 14.5 Å². The number of anilines is 1. The molecule has 4 rings (SSSR count). The summed E-state index contributed by atoms with van der Waals surface area (Å²) in [5.74, 6) is 2.17. The second-order valence-electron chi connectivity index (χ2n) is 7.26. The minimum absolute atomic E-state index is 0.0552. The second kappa shape index (κ2) is 8.92. The van der Waals surface area contributed by atoms with Gasteiger partial charge in [0.2, 0.25) is 5.91 Å². The maximum absolute atomic E-state index is 12.5. The fourth-order valence-electron chi connectivity index (χ4n) is 3.73. The van der Waals surface area contributed by atoms with Crippen LogP contribution in [-0.4, -0.2) is 29.7 Å². The number of ether oxygens (including phenoxy) is 2. The van der Waals surface area contributed by atoms with Gasteiger partial charge in [0.25, 0.3) is 0 Å². The molecule has 0 aliphatic heterocycles. The predicted molar refractivity (Wildman–Crippen MR) is 123 cm³/mol. The molecule has 0 spiro atoms. The number of methoxy groups -OCH3 is 2. The molecule has 0 saturated carbocycles. The summed E-state index contributed by atoms with van der Waals surface area (Å²) in [5.41, 5.74) is 4.74. The van der Waals surface area contributed by atoms with Crippen molar-refractivity contribution >= 4 is 22.6 Å². The quantitative estimate of drug-likeness (QED) is 0.470. The number of aryl methyl sites for hydroxylation is 2. The van der Waals surface area contributed by atoms with Gasteiger partial charge in [0.05, 0.1) is 25.3 Å². The number of nitrogens with one attached hydrogen (secondary N) is 1. The van der Waals surface area contributed by atoms with Gasteiger partial charge in [-0.05, 0) is 54.4 Å². The standard InChI is InChI=1S/C25H25N3O3/c1-28-21-9-5-4-8-20(21)27-25(28)18-11-14-19(15-12-18)26-23(29)16-13-17-7-6-10-22(30-2)24(17)31-3/h4-12,14-15H,13,16H2,1-3H3,(H,26,29). The molecule has 0 aliphatic rings. The number of fused-ring (bicyclic) bond motifs is 1. The summed E-state index contributed by atoms with van der Waals surface area (Å²) in [6.07, 6.45) is 0.903. The Morgan fingerprint density at radius 2 is 1.74 bits per heavy atom. The lowest BCUT2D eigenvalue weighted by Crippen LogP contribution is -2.12. The lowest BCUT2D eigenvalue weighted by Gasteiger charge is -2.12. The van der Waals surface area contributed by atoms with Crippen molar-refractivity contribution in [2.24, 2.45) is 7.05 Å². The molecular formula is C25H25N3O3. The summed E-state index contributed by atoms with van der Waals surface area (Å²) in [5, 5.41) is 2.96. The SMILES string of the molecule is COc1cccc(CCC(=O)Nc2ccc(-c3nc4ccccc4n3C)cc2)c1OC. The van der Waals surface area contributed by atoms with Crippen molar-refractivity contribution in [3.63, 3.8) is 0 Å². The van der Waals surface area contributed by atoms with E-state index in [-0.39, 0.29) is 5.91 Å². The Morgan fingerprint density at radius 1 is 0.968 bits per heavy atom. The van der Waals surface area contributed by atoms with Gasteiger partial charge >= 0.3 is 0 Å². The Morgan fingerprint density at radius 3 is 2.45 bits per heavy atom. The maximum atomic E-state index is 12.5. The van der Waals surface area contributed by atoms with E-state index in [9.17, 15) is 4.79 Å². The average molecular weight is 415 g/mol. The number of benzene rings is 3. The Bertz CT molecular complexity index is 1210. The molecule has 1 N–H and O–H groups in total. The van der Waals surface area contributed by atoms with Crippen molar-refractivity contribution in [3.8, 4) is 22.9 Å². The molecule has 0 radical (unpaired) electrons. The Balaban J connectivity index is 1.42. The predicted octanol–water partition coefficient (Wildman–Crippen LogP) is 4.83. The van der Waals surface area contributed by atoms with E-state index in [1.54, 1.807) is 14.2 Å². The molecule has 0 aliphatic carbocycles. The van der Waals surface area contributed by atoms with E-state index < -0.39 is 0 Å². The zero-order valence-electron chi connectivity index (χ0n) is 17.9. The minimum atomic E-state index is -0.0552. The van der Waals surface area contributed by atoms with Crippen LogP contribution in [0.4, 0.5) is 5.69 Å². The number of nitrogens with zero attached hydrogens (tertiary/aromatic N) is 2. The molecule has 1 aromatic heterocycles. The minimum Gasteiger partial charge on any atom is -0.493 e. The van der Waals surface area contributed by atoms with Gasteiger partial charge in [-0.25, -0.2) is 4.98 Å². The monoisotopic (exact) mass is 415 g/mol. The average Bonchev–Trinajstić information content (AvgIpc) is 3.14. The summed E-state index contributed by atoms with van der Waals surface area (Å²) in [6.45, 7) is 0. The molecule has 1 amide bonds. The van der Waals surface area contributed by atoms with Gasteiger partial charge in [0.1, 0.15) is 5.82 Å². The summed E-state index contributed by atoms with van der Waals surface area (Å²) < 4.78 is 12.8. The van der Waals surface area contributed by atoms with Gasteiger partial charge in [-0.3, -0.25) is 4.79 Å². The fraction of sp³-hybridized carbons (Fsp3) is 0.200. The first-order chi connectivity index (χ1) is 15.1. The smallest absolute Gasteiger partial charge is 0.224 e. The zero-order valence-corrected chi connectivity index (χ0v) is 17.9. The highest BCUT2D eigenvalue weighted by Crippen LogP contribution is 2.31. The van der Waals surface area contributed by atoms with Gasteiger partial charge < -0.3 is 19.4 Å². The highest BCUT2D eigenvalue weighted by Gasteiger charge is 2.12. The van der Waals surface area contributed by atoms with Crippen molar-refractivity contribution in [1.82, 2.24) is 9.55 Å². The van der Waals surface area contributed by atoms with Crippen LogP contribution in [0.15, 0.2) is 66.7 Å². The number of para-hydroxylation sites is 3. The molecule has 31 heavy (non-hydrogen) atoms. The van der Waals surface area contributed by atoms with Gasteiger partial charge in [-0.2, -0.15) is 0 Å². The summed E-state index contributed by atoms with van der Waals surface area (Å²) >= 11 is 0. The van der Waals surface area contributed by atoms with Gasteiger partial charge in [0, 0.05) is 24.7 Å². The van der Waals surface area contributed by atoms with Crippen molar-refractivity contribution in [1.29, 1.82) is 0 Å². The number of carbonyl (C=O) groups is 1. The number of aromatic nitrogens is 2. The molecular weight excluding hydrogens is 390 g/mol. The summed E-state index contributed by atoms with van der Waals surface area (Å²) in [7, 11) is 5.21. The van der Waals surface area contributed by atoms with Crippen molar-refractivity contribution < 1.29 is 14.3 Å². The molecule has 4 aromatic rings. The Kier molecular flexibility index (Phi) is 5.89. The van der Waals surface area contributed by atoms with E-state index in [1.807, 2.05) is 67.7 Å². The summed E-state index contributed by atoms with van der Waals surface area (Å²) in [4.78, 5) is 17.2. The molecule has 0 saturated heterocycles. The number of carbonyl (C=O) groups excluding carboxylic acids is 1. The van der Waals surface area contributed by atoms with E-state index in [2.05, 4.69) is 16.0 Å². The topological polar surface area (TPSA) is 65.4 Å². The molecule has 6 nitrogen and oxygen atoms in total. The molecule has 3 aromatic carbocycles. The van der Waals surface area contributed by atoms with Crippen LogP contribution in [0.1, 0.15) is 12.0 Å². The van der Waals surface area contributed by atoms with Crippen LogP contribution in [0, 0.1) is 0 Å². The first-order valence-corrected chi connectivity index (χ1v) is 10.1. The van der Waals surface area contributed by atoms with E-state index >= 15 is 0 Å². The van der Waals surface area contributed by atoms with E-state index in [0.717, 1.165) is 33.7 Å². The molecule has 0 fully saturated rings. The van der Waals surface area contributed by atoms with Crippen LogP contribution < -0.4 is 14.8 Å². The van der Waals surface area contributed by atoms with Gasteiger partial charge in [-0.15, -0.1) is 0 Å². The zero-order chi connectivity index (χ0) is 21.8. The largest absolute Gasteiger partial charge is 0.493 e. The van der Waals surface area contributed by atoms with Crippen LogP contribution in [0.2, 0.25) is 0 Å². The second-order valence-corrected chi connectivity index (χ2v) is 7.26. The van der Waals surface area contributed by atoms with Crippen LogP contribution in [0.25, 0.3) is 22.4 Å². The first kappa shape index (κ1) is 20.5. The normalized spacial score (nSPS) is 10.8. The molecule has 158 valence electrons. The third-order valence-corrected chi connectivity index (χ3v) is 5.32. The Labute approximate surface area is 181 Å². The van der Waals surface area contributed by atoms with Crippen LogP contribution in [-0.2, 0) is 18.3 Å². The number of hydrogen-bond donors (Lipinski definition) is 1. The van der Waals surface area contributed by atoms with E-state index in [1.165, 1.54) is 0 Å². The fourth-order valence-corrected chi connectivity index (χ4v) is 3.73. The maximum Gasteiger partial charge on any atom is 0.224 e. The number of imidazole rings is 1. The number of amides is 1. The third kappa shape index (κ3) is 4.23. The molecule has 0 unspecified atom stereocenters. The number of hydrogen-bond acceptors (Lipinski definition) is 4. The molecule has 0 atom stereocenters. The van der Waals surface area contributed by atoms with Crippen molar-refractivity contribution in [2.45, 2.75) is 12.8 Å².